The van der Waals surface area contributed by atoms with Crippen molar-refractivity contribution in [2.45, 2.75) is 25.4 Å². The van der Waals surface area contributed by atoms with E-state index in [0.717, 1.165) is 12.8 Å². The molecule has 0 spiro atoms. The highest BCUT2D eigenvalue weighted by Gasteiger charge is 2.41. The SMILES string of the molecule is CC(O)(c1ccc(Cl)c(F)c1)C1CC1. The summed E-state index contributed by atoms with van der Waals surface area (Å²) in [6, 6.07) is 4.49. The molecule has 2 rings (SSSR count). The Morgan fingerprint density at radius 1 is 1.50 bits per heavy atom. The summed E-state index contributed by atoms with van der Waals surface area (Å²) in [6.45, 7) is 1.73. The molecule has 1 N–H and O–H groups in total. The van der Waals surface area contributed by atoms with Crippen molar-refractivity contribution in [2.75, 3.05) is 0 Å². The molecule has 1 aliphatic rings. The summed E-state index contributed by atoms with van der Waals surface area (Å²) < 4.78 is 13.2. The highest BCUT2D eigenvalue weighted by atomic mass is 35.5. The minimum Gasteiger partial charge on any atom is -0.385 e. The third-order valence-electron chi connectivity index (χ3n) is 2.88. The van der Waals surface area contributed by atoms with E-state index in [2.05, 4.69) is 0 Å². The van der Waals surface area contributed by atoms with Crippen molar-refractivity contribution in [1.82, 2.24) is 0 Å². The van der Waals surface area contributed by atoms with Crippen molar-refractivity contribution < 1.29 is 9.50 Å². The summed E-state index contributed by atoms with van der Waals surface area (Å²) >= 11 is 5.57. The van der Waals surface area contributed by atoms with E-state index in [4.69, 9.17) is 11.6 Å². The van der Waals surface area contributed by atoms with E-state index in [1.807, 2.05) is 0 Å². The van der Waals surface area contributed by atoms with Gasteiger partial charge >= 0.3 is 0 Å². The third-order valence-corrected chi connectivity index (χ3v) is 3.18. The fraction of sp³-hybridized carbons (Fsp3) is 0.455. The molecule has 0 heterocycles. The van der Waals surface area contributed by atoms with Gasteiger partial charge in [-0.1, -0.05) is 17.7 Å². The molecule has 1 unspecified atom stereocenters. The molecule has 0 bridgehead atoms. The van der Waals surface area contributed by atoms with E-state index in [9.17, 15) is 9.50 Å². The van der Waals surface area contributed by atoms with Crippen LogP contribution in [0.2, 0.25) is 5.02 Å². The maximum Gasteiger partial charge on any atom is 0.142 e. The quantitative estimate of drug-likeness (QED) is 0.802. The number of aliphatic hydroxyl groups is 1. The van der Waals surface area contributed by atoms with Crippen LogP contribution in [0.15, 0.2) is 18.2 Å². The molecule has 0 radical (unpaired) electrons. The Hall–Kier alpha value is -0.600. The topological polar surface area (TPSA) is 20.2 Å². The molecule has 0 aromatic heterocycles. The Balaban J connectivity index is 2.36. The summed E-state index contributed by atoms with van der Waals surface area (Å²) in [5, 5.41) is 10.2. The molecule has 76 valence electrons. The second-order valence-electron chi connectivity index (χ2n) is 4.05. The zero-order valence-electron chi connectivity index (χ0n) is 7.93. The summed E-state index contributed by atoms with van der Waals surface area (Å²) in [5.41, 5.74) is -0.298. The first-order chi connectivity index (χ1) is 6.51. The predicted octanol–water partition coefficient (Wildman–Crippen LogP) is 3.10. The lowest BCUT2D eigenvalue weighted by Crippen LogP contribution is -2.23. The van der Waals surface area contributed by atoms with Gasteiger partial charge in [0, 0.05) is 0 Å². The summed E-state index contributed by atoms with van der Waals surface area (Å²) in [4.78, 5) is 0. The van der Waals surface area contributed by atoms with Gasteiger partial charge in [0.1, 0.15) is 5.82 Å². The largest absolute Gasteiger partial charge is 0.385 e. The molecular formula is C11H12ClFO. The van der Waals surface area contributed by atoms with E-state index in [1.54, 1.807) is 13.0 Å². The highest BCUT2D eigenvalue weighted by Crippen LogP contribution is 2.45. The van der Waals surface area contributed by atoms with Crippen molar-refractivity contribution in [3.63, 3.8) is 0 Å². The van der Waals surface area contributed by atoms with Gasteiger partial charge < -0.3 is 5.11 Å². The number of hydrogen-bond donors (Lipinski definition) is 1. The van der Waals surface area contributed by atoms with Gasteiger partial charge in [0.05, 0.1) is 10.6 Å². The number of benzene rings is 1. The predicted molar refractivity (Wildman–Crippen MR) is 53.7 cm³/mol. The average Bonchev–Trinajstić information content (AvgIpc) is 2.92. The van der Waals surface area contributed by atoms with Crippen LogP contribution in [0, 0.1) is 11.7 Å². The van der Waals surface area contributed by atoms with E-state index in [-0.39, 0.29) is 10.9 Å². The molecule has 1 aromatic carbocycles. The maximum absolute atomic E-state index is 13.2. The Labute approximate surface area is 87.5 Å². The molecule has 1 aromatic rings. The molecule has 1 saturated carbocycles. The summed E-state index contributed by atoms with van der Waals surface area (Å²) in [7, 11) is 0. The molecule has 0 amide bonds. The van der Waals surface area contributed by atoms with Crippen LogP contribution < -0.4 is 0 Å². The molecule has 3 heteroatoms. The van der Waals surface area contributed by atoms with Gasteiger partial charge in [-0.15, -0.1) is 0 Å². The molecule has 1 aliphatic carbocycles. The Bertz CT molecular complexity index is 358. The second-order valence-corrected chi connectivity index (χ2v) is 4.46. The van der Waals surface area contributed by atoms with Crippen molar-refractivity contribution in [3.8, 4) is 0 Å². The first-order valence-electron chi connectivity index (χ1n) is 4.69. The normalized spacial score (nSPS) is 20.6. The Morgan fingerprint density at radius 3 is 2.64 bits per heavy atom. The molecule has 0 saturated heterocycles. The molecule has 0 aliphatic heterocycles. The van der Waals surface area contributed by atoms with E-state index in [1.165, 1.54) is 12.1 Å². The standard InChI is InChI=1S/C11H12ClFO/c1-11(14,7-2-3-7)8-4-5-9(12)10(13)6-8/h4-7,14H,2-3H2,1H3. The van der Waals surface area contributed by atoms with Crippen LogP contribution in [0.3, 0.4) is 0 Å². The van der Waals surface area contributed by atoms with Crippen LogP contribution >= 0.6 is 11.6 Å². The number of hydrogen-bond acceptors (Lipinski definition) is 1. The van der Waals surface area contributed by atoms with Crippen LogP contribution in [0.4, 0.5) is 4.39 Å². The summed E-state index contributed by atoms with van der Waals surface area (Å²) in [5.74, 6) is -0.201. The molecular weight excluding hydrogens is 203 g/mol. The molecule has 1 atom stereocenters. The van der Waals surface area contributed by atoms with E-state index < -0.39 is 11.4 Å². The Morgan fingerprint density at radius 2 is 2.14 bits per heavy atom. The van der Waals surface area contributed by atoms with Gasteiger partial charge in [0.15, 0.2) is 0 Å². The first-order valence-corrected chi connectivity index (χ1v) is 5.07. The van der Waals surface area contributed by atoms with Gasteiger partial charge in [-0.3, -0.25) is 0 Å². The van der Waals surface area contributed by atoms with Crippen LogP contribution in [0.25, 0.3) is 0 Å². The van der Waals surface area contributed by atoms with Crippen LogP contribution in [0.5, 0.6) is 0 Å². The van der Waals surface area contributed by atoms with Gasteiger partial charge in [-0.25, -0.2) is 4.39 Å². The monoisotopic (exact) mass is 214 g/mol. The average molecular weight is 215 g/mol. The lowest BCUT2D eigenvalue weighted by atomic mass is 9.91. The number of halogens is 2. The van der Waals surface area contributed by atoms with E-state index >= 15 is 0 Å². The highest BCUT2D eigenvalue weighted by molar-refractivity contribution is 6.30. The van der Waals surface area contributed by atoms with Gasteiger partial charge in [-0.05, 0) is 43.4 Å². The Kier molecular flexibility index (Phi) is 2.28. The van der Waals surface area contributed by atoms with Crippen molar-refractivity contribution in [3.05, 3.63) is 34.6 Å². The fourth-order valence-corrected chi connectivity index (χ4v) is 1.81. The molecule has 14 heavy (non-hydrogen) atoms. The van der Waals surface area contributed by atoms with Crippen molar-refractivity contribution in [2.24, 2.45) is 5.92 Å². The van der Waals surface area contributed by atoms with Gasteiger partial charge in [0.2, 0.25) is 0 Å². The zero-order valence-corrected chi connectivity index (χ0v) is 8.68. The lowest BCUT2D eigenvalue weighted by Gasteiger charge is -2.23. The second kappa shape index (κ2) is 3.21. The van der Waals surface area contributed by atoms with Crippen molar-refractivity contribution in [1.29, 1.82) is 0 Å². The smallest absolute Gasteiger partial charge is 0.142 e. The summed E-state index contributed by atoms with van der Waals surface area (Å²) in [6.07, 6.45) is 2.02. The van der Waals surface area contributed by atoms with Crippen LogP contribution in [0.1, 0.15) is 25.3 Å². The lowest BCUT2D eigenvalue weighted by molar-refractivity contribution is 0.0328. The fourth-order valence-electron chi connectivity index (χ4n) is 1.69. The minimum atomic E-state index is -0.911. The number of rotatable bonds is 2. The minimum absolute atomic E-state index is 0.0975. The molecule has 1 fully saturated rings. The maximum atomic E-state index is 13.2. The molecule has 1 nitrogen and oxygen atoms in total. The van der Waals surface area contributed by atoms with Crippen LogP contribution in [-0.4, -0.2) is 5.11 Å². The van der Waals surface area contributed by atoms with Gasteiger partial charge in [0.25, 0.3) is 0 Å². The van der Waals surface area contributed by atoms with Gasteiger partial charge in [-0.2, -0.15) is 0 Å². The van der Waals surface area contributed by atoms with Crippen LogP contribution in [-0.2, 0) is 5.60 Å². The first kappa shape index (κ1) is 9.94. The van der Waals surface area contributed by atoms with Crippen molar-refractivity contribution >= 4 is 11.6 Å². The zero-order chi connectivity index (χ0) is 10.3. The van der Waals surface area contributed by atoms with E-state index in [0.29, 0.717) is 5.56 Å². The third kappa shape index (κ3) is 1.64.